The molecule has 1 N–H and O–H groups in total. The van der Waals surface area contributed by atoms with E-state index < -0.39 is 0 Å². The first kappa shape index (κ1) is 12.7. The van der Waals surface area contributed by atoms with Crippen LogP contribution >= 0.6 is 11.3 Å². The molecule has 0 atom stereocenters. The summed E-state index contributed by atoms with van der Waals surface area (Å²) in [6.45, 7) is 3.01. The molecule has 5 nitrogen and oxygen atoms in total. The molecule has 0 amide bonds. The van der Waals surface area contributed by atoms with Crippen LogP contribution in [0.5, 0.6) is 0 Å². The van der Waals surface area contributed by atoms with Crippen molar-refractivity contribution in [2.45, 2.75) is 20.0 Å². The fourth-order valence-corrected chi connectivity index (χ4v) is 2.18. The molecule has 0 bridgehead atoms. The molecule has 6 heteroatoms. The van der Waals surface area contributed by atoms with Gasteiger partial charge in [-0.25, -0.2) is 4.98 Å². The zero-order chi connectivity index (χ0) is 13.0. The second-order valence-corrected chi connectivity index (χ2v) is 4.68. The number of hydrogen-bond donors (Lipinski definition) is 1. The van der Waals surface area contributed by atoms with Gasteiger partial charge in [0.15, 0.2) is 0 Å². The zero-order valence-electron chi connectivity index (χ0n) is 9.92. The van der Waals surface area contributed by atoms with Crippen molar-refractivity contribution in [3.05, 3.63) is 56.0 Å². The van der Waals surface area contributed by atoms with Gasteiger partial charge < -0.3 is 5.32 Å². The van der Waals surface area contributed by atoms with Crippen LogP contribution in [0.15, 0.2) is 29.1 Å². The summed E-state index contributed by atoms with van der Waals surface area (Å²) in [4.78, 5) is 14.6. The minimum absolute atomic E-state index is 0.169. The van der Waals surface area contributed by atoms with Gasteiger partial charge in [-0.15, -0.1) is 11.3 Å². The van der Waals surface area contributed by atoms with Crippen LogP contribution in [0, 0.1) is 17.0 Å². The molecule has 1 aromatic carbocycles. The van der Waals surface area contributed by atoms with E-state index in [9.17, 15) is 10.1 Å². The van der Waals surface area contributed by atoms with Crippen molar-refractivity contribution < 1.29 is 4.92 Å². The second-order valence-electron chi connectivity index (χ2n) is 3.96. The van der Waals surface area contributed by atoms with Gasteiger partial charge in [0.1, 0.15) is 0 Å². The highest BCUT2D eigenvalue weighted by atomic mass is 32.1. The minimum atomic E-state index is -0.348. The van der Waals surface area contributed by atoms with E-state index in [0.29, 0.717) is 18.7 Å². The number of rotatable bonds is 5. The lowest BCUT2D eigenvalue weighted by Crippen LogP contribution is -2.13. The van der Waals surface area contributed by atoms with E-state index in [4.69, 9.17) is 0 Å². The maximum Gasteiger partial charge on any atom is 0.272 e. The number of aromatic nitrogens is 1. The Bertz CT molecular complexity index is 540. The highest BCUT2D eigenvalue weighted by molar-refractivity contribution is 7.07. The SMILES string of the molecule is Cc1ccc(CNCc2cscn2)cc1[N+](=O)[O-]. The Balaban J connectivity index is 1.97. The normalized spacial score (nSPS) is 10.5. The molecule has 18 heavy (non-hydrogen) atoms. The fourth-order valence-electron chi connectivity index (χ4n) is 1.62. The number of nitrogens with zero attached hydrogens (tertiary/aromatic N) is 2. The third kappa shape index (κ3) is 3.12. The van der Waals surface area contributed by atoms with E-state index in [-0.39, 0.29) is 10.6 Å². The maximum absolute atomic E-state index is 10.8. The summed E-state index contributed by atoms with van der Waals surface area (Å²) in [6, 6.07) is 5.29. The van der Waals surface area contributed by atoms with Crippen molar-refractivity contribution in [1.29, 1.82) is 0 Å². The largest absolute Gasteiger partial charge is 0.307 e. The van der Waals surface area contributed by atoms with Crippen molar-refractivity contribution in [3.63, 3.8) is 0 Å². The number of nitro benzene ring substituents is 1. The van der Waals surface area contributed by atoms with Crippen molar-refractivity contribution in [3.8, 4) is 0 Å². The molecule has 0 aliphatic rings. The van der Waals surface area contributed by atoms with Crippen LogP contribution in [-0.2, 0) is 13.1 Å². The predicted octanol–water partition coefficient (Wildman–Crippen LogP) is 2.65. The standard InChI is InChI=1S/C12H13N3O2S/c1-9-2-3-10(4-12(9)15(16)17)5-13-6-11-7-18-8-14-11/h2-4,7-8,13H,5-6H2,1H3. The second kappa shape index (κ2) is 5.70. The number of nitrogens with one attached hydrogen (secondary N) is 1. The van der Waals surface area contributed by atoms with Crippen molar-refractivity contribution in [2.24, 2.45) is 0 Å². The molecular formula is C12H13N3O2S. The Kier molecular flexibility index (Phi) is 4.01. The lowest BCUT2D eigenvalue weighted by atomic mass is 10.1. The van der Waals surface area contributed by atoms with Crippen LogP contribution in [0.25, 0.3) is 0 Å². The number of aryl methyl sites for hydroxylation is 1. The molecule has 0 saturated carbocycles. The number of hydrogen-bond acceptors (Lipinski definition) is 5. The molecule has 0 radical (unpaired) electrons. The lowest BCUT2D eigenvalue weighted by Gasteiger charge is -2.04. The van der Waals surface area contributed by atoms with Gasteiger partial charge >= 0.3 is 0 Å². The summed E-state index contributed by atoms with van der Waals surface area (Å²) in [6.07, 6.45) is 0. The van der Waals surface area contributed by atoms with Crippen LogP contribution in [0.1, 0.15) is 16.8 Å². The molecule has 2 aromatic rings. The van der Waals surface area contributed by atoms with Gasteiger partial charge in [-0.1, -0.05) is 12.1 Å². The van der Waals surface area contributed by atoms with Gasteiger partial charge in [0.25, 0.3) is 5.69 Å². The predicted molar refractivity (Wildman–Crippen MR) is 70.5 cm³/mol. The molecule has 94 valence electrons. The van der Waals surface area contributed by atoms with E-state index in [1.165, 1.54) is 0 Å². The van der Waals surface area contributed by atoms with Crippen LogP contribution in [-0.4, -0.2) is 9.91 Å². The molecule has 0 aliphatic heterocycles. The summed E-state index contributed by atoms with van der Waals surface area (Å²) in [5, 5.41) is 16.0. The zero-order valence-corrected chi connectivity index (χ0v) is 10.7. The Morgan fingerprint density at radius 1 is 1.44 bits per heavy atom. The Morgan fingerprint density at radius 2 is 2.28 bits per heavy atom. The van der Waals surface area contributed by atoms with Crippen LogP contribution in [0.3, 0.4) is 0 Å². The van der Waals surface area contributed by atoms with Gasteiger partial charge in [0.05, 0.1) is 16.1 Å². The highest BCUT2D eigenvalue weighted by Crippen LogP contribution is 2.19. The van der Waals surface area contributed by atoms with Crippen molar-refractivity contribution in [1.82, 2.24) is 10.3 Å². The number of nitro groups is 1. The molecule has 0 unspecified atom stereocenters. The average molecular weight is 263 g/mol. The van der Waals surface area contributed by atoms with E-state index in [1.807, 2.05) is 11.4 Å². The average Bonchev–Trinajstić information content (AvgIpc) is 2.84. The molecule has 0 spiro atoms. The molecule has 1 heterocycles. The van der Waals surface area contributed by atoms with E-state index in [1.54, 1.807) is 35.9 Å². The monoisotopic (exact) mass is 263 g/mol. The summed E-state index contributed by atoms with van der Waals surface area (Å²) >= 11 is 1.55. The van der Waals surface area contributed by atoms with Crippen LogP contribution in [0.4, 0.5) is 5.69 Å². The fraction of sp³-hybridized carbons (Fsp3) is 0.250. The summed E-state index contributed by atoms with van der Waals surface area (Å²) in [7, 11) is 0. The summed E-state index contributed by atoms with van der Waals surface area (Å²) in [5.41, 5.74) is 4.53. The third-order valence-corrected chi connectivity index (χ3v) is 3.22. The van der Waals surface area contributed by atoms with E-state index in [2.05, 4.69) is 10.3 Å². The molecule has 0 fully saturated rings. The van der Waals surface area contributed by atoms with E-state index >= 15 is 0 Å². The Morgan fingerprint density at radius 3 is 2.94 bits per heavy atom. The van der Waals surface area contributed by atoms with E-state index in [0.717, 1.165) is 11.3 Å². The first-order chi connectivity index (χ1) is 8.66. The summed E-state index contributed by atoms with van der Waals surface area (Å²) in [5.74, 6) is 0. The van der Waals surface area contributed by atoms with Crippen molar-refractivity contribution >= 4 is 17.0 Å². The maximum atomic E-state index is 10.8. The Labute approximate surface area is 109 Å². The molecular weight excluding hydrogens is 250 g/mol. The van der Waals surface area contributed by atoms with Gasteiger partial charge in [-0.2, -0.15) is 0 Å². The van der Waals surface area contributed by atoms with Crippen LogP contribution < -0.4 is 5.32 Å². The van der Waals surface area contributed by atoms with Gasteiger partial charge in [-0.05, 0) is 12.5 Å². The quantitative estimate of drug-likeness (QED) is 0.665. The Hall–Kier alpha value is -1.79. The molecule has 2 rings (SSSR count). The topological polar surface area (TPSA) is 68.1 Å². The molecule has 0 aliphatic carbocycles. The minimum Gasteiger partial charge on any atom is -0.307 e. The van der Waals surface area contributed by atoms with Gasteiger partial charge in [0.2, 0.25) is 0 Å². The highest BCUT2D eigenvalue weighted by Gasteiger charge is 2.10. The first-order valence-corrected chi connectivity index (χ1v) is 6.43. The lowest BCUT2D eigenvalue weighted by molar-refractivity contribution is -0.385. The van der Waals surface area contributed by atoms with Gasteiger partial charge in [0, 0.05) is 30.1 Å². The smallest absolute Gasteiger partial charge is 0.272 e. The van der Waals surface area contributed by atoms with Gasteiger partial charge in [-0.3, -0.25) is 10.1 Å². The molecule has 0 saturated heterocycles. The van der Waals surface area contributed by atoms with Crippen molar-refractivity contribution in [2.75, 3.05) is 0 Å². The summed E-state index contributed by atoms with van der Waals surface area (Å²) < 4.78 is 0. The third-order valence-electron chi connectivity index (χ3n) is 2.59. The number of benzene rings is 1. The first-order valence-electron chi connectivity index (χ1n) is 5.48. The molecule has 1 aromatic heterocycles. The number of thiazole rings is 1. The van der Waals surface area contributed by atoms with Crippen LogP contribution in [0.2, 0.25) is 0 Å².